The molecule has 0 spiro atoms. The van der Waals surface area contributed by atoms with Crippen molar-refractivity contribution in [3.8, 4) is 0 Å². The lowest BCUT2D eigenvalue weighted by Gasteiger charge is -2.16. The van der Waals surface area contributed by atoms with E-state index in [1.54, 1.807) is 0 Å². The molecule has 1 aromatic heterocycles. The average Bonchev–Trinajstić information content (AvgIpc) is 2.85. The van der Waals surface area contributed by atoms with E-state index in [4.69, 9.17) is 0 Å². The fourth-order valence-electron chi connectivity index (χ4n) is 2.74. The van der Waals surface area contributed by atoms with Gasteiger partial charge >= 0.3 is 0 Å². The van der Waals surface area contributed by atoms with Crippen molar-refractivity contribution in [1.29, 1.82) is 0 Å². The number of pyridine rings is 1. The summed E-state index contributed by atoms with van der Waals surface area (Å²) in [4.78, 5) is 18.1. The zero-order valence-electron chi connectivity index (χ0n) is 11.3. The van der Waals surface area contributed by atoms with E-state index in [1.807, 2.05) is 23.2 Å². The lowest BCUT2D eigenvalue weighted by molar-refractivity contribution is -0.127. The van der Waals surface area contributed by atoms with Crippen LogP contribution >= 0.6 is 12.6 Å². The van der Waals surface area contributed by atoms with E-state index in [-0.39, 0.29) is 5.91 Å². The molecule has 1 atom stereocenters. The maximum absolute atomic E-state index is 11.9. The Bertz CT molecular complexity index is 629. The summed E-state index contributed by atoms with van der Waals surface area (Å²) in [5, 5.41) is 1.16. The molecular formula is C16H18N2OS. The van der Waals surface area contributed by atoms with Crippen molar-refractivity contribution in [3.05, 3.63) is 42.1 Å². The van der Waals surface area contributed by atoms with Crippen LogP contribution in [0.2, 0.25) is 0 Å². The smallest absolute Gasteiger partial charge is 0.222 e. The number of hydrogen-bond donors (Lipinski definition) is 1. The largest absolute Gasteiger partial charge is 0.342 e. The lowest BCUT2D eigenvalue weighted by atomic mass is 10.1. The van der Waals surface area contributed by atoms with Gasteiger partial charge in [-0.2, -0.15) is 12.6 Å². The summed E-state index contributed by atoms with van der Waals surface area (Å²) in [6, 6.07) is 10.3. The fraction of sp³-hybridized carbons (Fsp3) is 0.375. The average molecular weight is 286 g/mol. The Hall–Kier alpha value is -1.55. The Morgan fingerprint density at radius 2 is 2.25 bits per heavy atom. The van der Waals surface area contributed by atoms with Crippen LogP contribution in [0.3, 0.4) is 0 Å². The normalized spacial score (nSPS) is 18.9. The minimum absolute atomic E-state index is 0.270. The highest BCUT2D eigenvalue weighted by Crippen LogP contribution is 2.20. The second kappa shape index (κ2) is 5.83. The summed E-state index contributed by atoms with van der Waals surface area (Å²) >= 11 is 4.29. The number of benzene rings is 1. The number of fused-ring (bicyclic) bond motifs is 1. The zero-order chi connectivity index (χ0) is 13.9. The van der Waals surface area contributed by atoms with Crippen molar-refractivity contribution in [3.63, 3.8) is 0 Å². The van der Waals surface area contributed by atoms with Crippen molar-refractivity contribution < 1.29 is 4.79 Å². The van der Waals surface area contributed by atoms with Gasteiger partial charge in [-0.05, 0) is 41.9 Å². The van der Waals surface area contributed by atoms with Gasteiger partial charge in [-0.25, -0.2) is 0 Å². The van der Waals surface area contributed by atoms with Gasteiger partial charge in [-0.3, -0.25) is 9.78 Å². The van der Waals surface area contributed by atoms with Crippen LogP contribution in [0.15, 0.2) is 36.5 Å². The molecule has 20 heavy (non-hydrogen) atoms. The Kier molecular flexibility index (Phi) is 3.92. The molecule has 4 heteroatoms. The number of rotatable bonds is 4. The van der Waals surface area contributed by atoms with Crippen LogP contribution in [0.1, 0.15) is 12.0 Å². The molecule has 0 bridgehead atoms. The molecule has 104 valence electrons. The lowest BCUT2D eigenvalue weighted by Crippen LogP contribution is -2.27. The Morgan fingerprint density at radius 3 is 3.05 bits per heavy atom. The second-order valence-electron chi connectivity index (χ2n) is 5.37. The summed E-state index contributed by atoms with van der Waals surface area (Å²) < 4.78 is 0. The first-order valence-corrected chi connectivity index (χ1v) is 7.62. The van der Waals surface area contributed by atoms with E-state index in [0.717, 1.165) is 36.2 Å². The quantitative estimate of drug-likeness (QED) is 0.876. The molecule has 1 saturated heterocycles. The third kappa shape index (κ3) is 2.80. The van der Waals surface area contributed by atoms with Crippen LogP contribution in [-0.4, -0.2) is 34.6 Å². The van der Waals surface area contributed by atoms with Crippen molar-refractivity contribution >= 4 is 29.4 Å². The zero-order valence-corrected chi connectivity index (χ0v) is 12.2. The molecule has 0 radical (unpaired) electrons. The molecule has 1 aromatic carbocycles. The predicted molar refractivity (Wildman–Crippen MR) is 84.0 cm³/mol. The molecule has 0 N–H and O–H groups in total. The highest BCUT2D eigenvalue weighted by Gasteiger charge is 2.27. The van der Waals surface area contributed by atoms with Crippen LogP contribution in [0.4, 0.5) is 0 Å². The van der Waals surface area contributed by atoms with Gasteiger partial charge in [-0.15, -0.1) is 0 Å². The molecule has 1 amide bonds. The van der Waals surface area contributed by atoms with Crippen molar-refractivity contribution in [2.24, 2.45) is 5.92 Å². The molecule has 1 aliphatic rings. The second-order valence-corrected chi connectivity index (χ2v) is 5.74. The molecule has 1 unspecified atom stereocenters. The van der Waals surface area contributed by atoms with Crippen molar-refractivity contribution in [2.75, 3.05) is 18.8 Å². The van der Waals surface area contributed by atoms with E-state index in [0.29, 0.717) is 12.3 Å². The predicted octanol–water partition coefficient (Wildman–Crippen LogP) is 2.56. The summed E-state index contributed by atoms with van der Waals surface area (Å²) in [7, 11) is 0. The Labute approximate surface area is 124 Å². The van der Waals surface area contributed by atoms with Gasteiger partial charge in [-0.1, -0.05) is 12.1 Å². The van der Waals surface area contributed by atoms with E-state index >= 15 is 0 Å². The van der Waals surface area contributed by atoms with Gasteiger partial charge in [0, 0.05) is 31.1 Å². The first-order valence-electron chi connectivity index (χ1n) is 6.98. The van der Waals surface area contributed by atoms with E-state index in [9.17, 15) is 4.79 Å². The van der Waals surface area contributed by atoms with Gasteiger partial charge in [0.2, 0.25) is 5.91 Å². The number of carbonyl (C=O) groups excluding carboxylic acids is 1. The highest BCUT2D eigenvalue weighted by atomic mass is 32.1. The molecule has 3 nitrogen and oxygen atoms in total. The molecule has 2 heterocycles. The highest BCUT2D eigenvalue weighted by molar-refractivity contribution is 7.80. The van der Waals surface area contributed by atoms with Gasteiger partial charge in [0.1, 0.15) is 0 Å². The van der Waals surface area contributed by atoms with Gasteiger partial charge in [0.15, 0.2) is 0 Å². The molecule has 1 aliphatic heterocycles. The molecule has 0 aliphatic carbocycles. The van der Waals surface area contributed by atoms with Gasteiger partial charge in [0.05, 0.1) is 5.52 Å². The van der Waals surface area contributed by atoms with Crippen LogP contribution < -0.4 is 0 Å². The maximum atomic E-state index is 11.9. The summed E-state index contributed by atoms with van der Waals surface area (Å²) in [5.41, 5.74) is 2.27. The number of nitrogens with zero attached hydrogens (tertiary/aromatic N) is 2. The molecule has 1 fully saturated rings. The fourth-order valence-corrected chi connectivity index (χ4v) is 2.98. The van der Waals surface area contributed by atoms with Gasteiger partial charge in [0.25, 0.3) is 0 Å². The van der Waals surface area contributed by atoms with Crippen LogP contribution in [0.25, 0.3) is 10.9 Å². The molecule has 0 saturated carbocycles. The Balaban J connectivity index is 1.66. The third-order valence-corrected chi connectivity index (χ3v) is 4.41. The minimum atomic E-state index is 0.270. The number of thiol groups is 1. The standard InChI is InChI=1S/C16H18N2OS/c19-16-9-13(11-20)10-18(16)7-5-12-3-4-15-14(8-12)2-1-6-17-15/h1-4,6,8,13,20H,5,7,9-11H2. The third-order valence-electron chi connectivity index (χ3n) is 3.89. The summed E-state index contributed by atoms with van der Waals surface area (Å²) in [5.74, 6) is 1.49. The van der Waals surface area contributed by atoms with Crippen LogP contribution in [0.5, 0.6) is 0 Å². The van der Waals surface area contributed by atoms with Gasteiger partial charge < -0.3 is 4.90 Å². The van der Waals surface area contributed by atoms with Crippen molar-refractivity contribution in [2.45, 2.75) is 12.8 Å². The number of hydrogen-bond acceptors (Lipinski definition) is 3. The number of aromatic nitrogens is 1. The summed E-state index contributed by atoms with van der Waals surface area (Å²) in [6.07, 6.45) is 3.36. The van der Waals surface area contributed by atoms with Crippen LogP contribution in [-0.2, 0) is 11.2 Å². The number of carbonyl (C=O) groups is 1. The molecule has 3 rings (SSSR count). The maximum Gasteiger partial charge on any atom is 0.222 e. The van der Waals surface area contributed by atoms with Crippen LogP contribution in [0, 0.1) is 5.92 Å². The number of likely N-dealkylation sites (tertiary alicyclic amines) is 1. The molecule has 2 aromatic rings. The first kappa shape index (κ1) is 13.4. The SMILES string of the molecule is O=C1CC(CS)CN1CCc1ccc2ncccc2c1. The first-order chi connectivity index (χ1) is 9.76. The topological polar surface area (TPSA) is 33.2 Å². The van der Waals surface area contributed by atoms with E-state index in [2.05, 4.69) is 35.8 Å². The monoisotopic (exact) mass is 286 g/mol. The summed E-state index contributed by atoms with van der Waals surface area (Å²) in [6.45, 7) is 1.66. The number of amides is 1. The molecular weight excluding hydrogens is 268 g/mol. The Morgan fingerprint density at radius 1 is 1.35 bits per heavy atom. The minimum Gasteiger partial charge on any atom is -0.342 e. The van der Waals surface area contributed by atoms with Crippen molar-refractivity contribution in [1.82, 2.24) is 9.88 Å². The van der Waals surface area contributed by atoms with E-state index < -0.39 is 0 Å². The van der Waals surface area contributed by atoms with E-state index in [1.165, 1.54) is 5.56 Å².